The molecule has 0 spiro atoms. The van der Waals surface area contributed by atoms with Gasteiger partial charge in [-0.2, -0.15) is 4.98 Å². The summed E-state index contributed by atoms with van der Waals surface area (Å²) in [6.45, 7) is 1.48. The van der Waals surface area contributed by atoms with E-state index in [4.69, 9.17) is 0 Å². The van der Waals surface area contributed by atoms with Crippen LogP contribution in [0.4, 0.5) is 17.3 Å². The molecule has 2 aromatic heterocycles. The molecular weight excluding hydrogens is 298 g/mol. The first kappa shape index (κ1) is 14.2. The smallest absolute Gasteiger partial charge is 0.230 e. The Labute approximate surface area is 131 Å². The highest BCUT2D eigenvalue weighted by Gasteiger charge is 2.05. The number of hydrogen-bond acceptors (Lipinski definition) is 6. The van der Waals surface area contributed by atoms with Crippen LogP contribution in [-0.4, -0.2) is 20.9 Å². The predicted molar refractivity (Wildman–Crippen MR) is 87.2 cm³/mol. The van der Waals surface area contributed by atoms with Crippen molar-refractivity contribution >= 4 is 34.6 Å². The van der Waals surface area contributed by atoms with Crippen LogP contribution in [0.3, 0.4) is 0 Å². The van der Waals surface area contributed by atoms with Crippen LogP contribution in [-0.2, 0) is 4.79 Å². The Hall–Kier alpha value is -2.80. The topological polar surface area (TPSA) is 79.8 Å². The standard InChI is InChI=1S/C15H13N5OS/c1-10(21)18-11-4-6-12(7-5-11)19-15-17-9-16-14(20-15)13-3-2-8-22-13/h2-9H,1H3,(H,18,21)(H,16,17,19,20). The molecule has 1 amide bonds. The van der Waals surface area contributed by atoms with Crippen LogP contribution < -0.4 is 10.6 Å². The molecule has 0 unspecified atom stereocenters. The van der Waals surface area contributed by atoms with E-state index in [0.29, 0.717) is 11.8 Å². The van der Waals surface area contributed by atoms with Crippen molar-refractivity contribution < 1.29 is 4.79 Å². The van der Waals surface area contributed by atoms with Gasteiger partial charge in [0.2, 0.25) is 11.9 Å². The number of hydrogen-bond donors (Lipinski definition) is 2. The fourth-order valence-corrected chi connectivity index (χ4v) is 2.51. The average molecular weight is 311 g/mol. The van der Waals surface area contributed by atoms with E-state index in [-0.39, 0.29) is 5.91 Å². The summed E-state index contributed by atoms with van der Waals surface area (Å²) in [7, 11) is 0. The van der Waals surface area contributed by atoms with E-state index in [9.17, 15) is 4.79 Å². The van der Waals surface area contributed by atoms with E-state index >= 15 is 0 Å². The van der Waals surface area contributed by atoms with Crippen LogP contribution in [0.25, 0.3) is 10.7 Å². The summed E-state index contributed by atoms with van der Waals surface area (Å²) in [6.07, 6.45) is 1.48. The quantitative estimate of drug-likeness (QED) is 0.773. The van der Waals surface area contributed by atoms with Crippen LogP contribution in [0.5, 0.6) is 0 Å². The minimum Gasteiger partial charge on any atom is -0.326 e. The zero-order chi connectivity index (χ0) is 15.4. The molecule has 3 aromatic rings. The van der Waals surface area contributed by atoms with Gasteiger partial charge in [-0.25, -0.2) is 9.97 Å². The lowest BCUT2D eigenvalue weighted by Crippen LogP contribution is -2.05. The zero-order valence-corrected chi connectivity index (χ0v) is 12.6. The molecule has 0 aliphatic heterocycles. The monoisotopic (exact) mass is 311 g/mol. The molecule has 0 aliphatic carbocycles. The predicted octanol–water partition coefficient (Wildman–Crippen LogP) is 3.30. The van der Waals surface area contributed by atoms with Crippen LogP contribution in [0.2, 0.25) is 0 Å². The molecule has 110 valence electrons. The van der Waals surface area contributed by atoms with Gasteiger partial charge < -0.3 is 10.6 Å². The maximum atomic E-state index is 11.0. The number of carbonyl (C=O) groups is 1. The first-order chi connectivity index (χ1) is 10.7. The number of benzene rings is 1. The van der Waals surface area contributed by atoms with Crippen molar-refractivity contribution in [3.8, 4) is 10.7 Å². The molecule has 0 bridgehead atoms. The molecule has 7 heteroatoms. The average Bonchev–Trinajstić information content (AvgIpc) is 3.03. The SMILES string of the molecule is CC(=O)Nc1ccc(Nc2ncnc(-c3cccs3)n2)cc1. The molecular formula is C15H13N5OS. The second kappa shape index (κ2) is 6.31. The van der Waals surface area contributed by atoms with Crippen molar-refractivity contribution in [2.75, 3.05) is 10.6 Å². The van der Waals surface area contributed by atoms with Crippen LogP contribution in [0.15, 0.2) is 48.1 Å². The van der Waals surface area contributed by atoms with Gasteiger partial charge in [-0.1, -0.05) is 6.07 Å². The van der Waals surface area contributed by atoms with E-state index in [1.807, 2.05) is 41.8 Å². The minimum absolute atomic E-state index is 0.0984. The molecule has 2 N–H and O–H groups in total. The number of rotatable bonds is 4. The van der Waals surface area contributed by atoms with Gasteiger partial charge in [-0.3, -0.25) is 4.79 Å². The molecule has 0 aliphatic rings. The van der Waals surface area contributed by atoms with E-state index in [1.165, 1.54) is 13.3 Å². The summed E-state index contributed by atoms with van der Waals surface area (Å²) < 4.78 is 0. The number of aromatic nitrogens is 3. The Balaban J connectivity index is 1.76. The summed E-state index contributed by atoms with van der Waals surface area (Å²) in [6, 6.07) is 11.2. The maximum Gasteiger partial charge on any atom is 0.230 e. The van der Waals surface area contributed by atoms with Gasteiger partial charge >= 0.3 is 0 Å². The molecule has 0 saturated carbocycles. The largest absolute Gasteiger partial charge is 0.326 e. The van der Waals surface area contributed by atoms with E-state index in [2.05, 4.69) is 25.6 Å². The Bertz CT molecular complexity index is 771. The summed E-state index contributed by atoms with van der Waals surface area (Å²) >= 11 is 1.58. The van der Waals surface area contributed by atoms with Gasteiger partial charge in [0.05, 0.1) is 4.88 Å². The molecule has 3 rings (SSSR count). The Morgan fingerprint density at radius 1 is 1.09 bits per heavy atom. The van der Waals surface area contributed by atoms with Crippen molar-refractivity contribution in [1.29, 1.82) is 0 Å². The highest BCUT2D eigenvalue weighted by atomic mass is 32.1. The van der Waals surface area contributed by atoms with Gasteiger partial charge in [0.25, 0.3) is 0 Å². The van der Waals surface area contributed by atoms with E-state index in [1.54, 1.807) is 11.3 Å². The van der Waals surface area contributed by atoms with Crippen LogP contribution >= 0.6 is 11.3 Å². The van der Waals surface area contributed by atoms with Gasteiger partial charge in [0.15, 0.2) is 5.82 Å². The number of amides is 1. The fraction of sp³-hybridized carbons (Fsp3) is 0.0667. The number of nitrogens with zero attached hydrogens (tertiary/aromatic N) is 3. The summed E-state index contributed by atoms with van der Waals surface area (Å²) in [5.41, 5.74) is 1.57. The minimum atomic E-state index is -0.0984. The van der Waals surface area contributed by atoms with Crippen molar-refractivity contribution in [2.45, 2.75) is 6.92 Å². The molecule has 0 saturated heterocycles. The van der Waals surface area contributed by atoms with Crippen molar-refractivity contribution in [3.63, 3.8) is 0 Å². The lowest BCUT2D eigenvalue weighted by atomic mass is 10.3. The normalized spacial score (nSPS) is 10.2. The van der Waals surface area contributed by atoms with Crippen molar-refractivity contribution in [2.24, 2.45) is 0 Å². The maximum absolute atomic E-state index is 11.0. The molecule has 22 heavy (non-hydrogen) atoms. The first-order valence-electron chi connectivity index (χ1n) is 6.58. The highest BCUT2D eigenvalue weighted by molar-refractivity contribution is 7.13. The Morgan fingerprint density at radius 2 is 1.86 bits per heavy atom. The second-order valence-corrected chi connectivity index (χ2v) is 5.44. The fourth-order valence-electron chi connectivity index (χ4n) is 1.85. The van der Waals surface area contributed by atoms with Crippen molar-refractivity contribution in [3.05, 3.63) is 48.1 Å². The first-order valence-corrected chi connectivity index (χ1v) is 7.46. The van der Waals surface area contributed by atoms with Crippen LogP contribution in [0.1, 0.15) is 6.92 Å². The number of carbonyl (C=O) groups excluding carboxylic acids is 1. The lowest BCUT2D eigenvalue weighted by molar-refractivity contribution is -0.114. The molecule has 0 fully saturated rings. The molecule has 0 radical (unpaired) electrons. The Morgan fingerprint density at radius 3 is 2.55 bits per heavy atom. The van der Waals surface area contributed by atoms with E-state index in [0.717, 1.165) is 16.3 Å². The Kier molecular flexibility index (Phi) is 4.06. The molecule has 1 aromatic carbocycles. The van der Waals surface area contributed by atoms with Crippen LogP contribution in [0, 0.1) is 0 Å². The lowest BCUT2D eigenvalue weighted by Gasteiger charge is -2.07. The third kappa shape index (κ3) is 3.44. The molecule has 0 atom stereocenters. The van der Waals surface area contributed by atoms with Gasteiger partial charge in [-0.15, -0.1) is 11.3 Å². The zero-order valence-electron chi connectivity index (χ0n) is 11.8. The highest BCUT2D eigenvalue weighted by Crippen LogP contribution is 2.22. The molecule has 2 heterocycles. The summed E-state index contributed by atoms with van der Waals surface area (Å²) in [4.78, 5) is 24.7. The number of thiophene rings is 1. The summed E-state index contributed by atoms with van der Waals surface area (Å²) in [5.74, 6) is 1.02. The third-order valence-corrected chi connectivity index (χ3v) is 3.64. The van der Waals surface area contributed by atoms with E-state index < -0.39 is 0 Å². The number of anilines is 3. The van der Waals surface area contributed by atoms with Gasteiger partial charge in [-0.05, 0) is 35.7 Å². The molecule has 6 nitrogen and oxygen atoms in total. The summed E-state index contributed by atoms with van der Waals surface area (Å²) in [5, 5.41) is 7.81. The number of nitrogens with one attached hydrogen (secondary N) is 2. The van der Waals surface area contributed by atoms with Gasteiger partial charge in [0.1, 0.15) is 6.33 Å². The second-order valence-electron chi connectivity index (χ2n) is 4.49. The third-order valence-electron chi connectivity index (χ3n) is 2.77. The van der Waals surface area contributed by atoms with Crippen molar-refractivity contribution in [1.82, 2.24) is 15.0 Å². The van der Waals surface area contributed by atoms with Gasteiger partial charge in [0, 0.05) is 18.3 Å².